The third-order valence-electron chi connectivity index (χ3n) is 4.08. The number of nitrogens with zero attached hydrogens (tertiary/aromatic N) is 1. The Morgan fingerprint density at radius 3 is 2.78 bits per heavy atom. The first kappa shape index (κ1) is 16.8. The van der Waals surface area contributed by atoms with Crippen LogP contribution in [0.1, 0.15) is 43.2 Å². The minimum Gasteiger partial charge on any atom is -0.508 e. The van der Waals surface area contributed by atoms with E-state index in [4.69, 9.17) is 0 Å². The Hall–Kier alpha value is -2.54. The number of rotatable bonds is 5. The van der Waals surface area contributed by atoms with Crippen LogP contribution in [-0.4, -0.2) is 17.1 Å². The molecule has 0 aliphatic heterocycles. The maximum atomic E-state index is 12.3. The summed E-state index contributed by atoms with van der Waals surface area (Å²) in [7, 11) is 0. The van der Waals surface area contributed by atoms with Crippen LogP contribution in [0.4, 0.5) is 0 Å². The number of carbonyl (C=O) groups excluding carboxylic acids is 1. The third kappa shape index (κ3) is 4.72. The van der Waals surface area contributed by atoms with E-state index in [1.54, 1.807) is 30.4 Å². The molecule has 2 rings (SSSR count). The fraction of sp³-hybridized carbons (Fsp3) is 0.368. The van der Waals surface area contributed by atoms with Gasteiger partial charge in [-0.1, -0.05) is 31.4 Å². The molecule has 1 aromatic carbocycles. The number of carbonyl (C=O) groups is 1. The molecule has 1 saturated carbocycles. The Kier molecular flexibility index (Phi) is 5.99. The van der Waals surface area contributed by atoms with Crippen molar-refractivity contribution in [3.63, 3.8) is 0 Å². The van der Waals surface area contributed by atoms with Crippen molar-refractivity contribution in [2.24, 2.45) is 0 Å². The smallest absolute Gasteiger partial charge is 0.262 e. The fourth-order valence-electron chi connectivity index (χ4n) is 2.84. The second kappa shape index (κ2) is 8.19. The summed E-state index contributed by atoms with van der Waals surface area (Å²) in [6.45, 7) is 3.65. The van der Waals surface area contributed by atoms with Gasteiger partial charge in [0.1, 0.15) is 17.4 Å². The molecule has 2 N–H and O–H groups in total. The highest BCUT2D eigenvalue weighted by Gasteiger charge is 2.18. The van der Waals surface area contributed by atoms with Gasteiger partial charge < -0.3 is 10.4 Å². The van der Waals surface area contributed by atoms with E-state index in [9.17, 15) is 15.2 Å². The van der Waals surface area contributed by atoms with Crippen molar-refractivity contribution >= 4 is 12.0 Å². The average Bonchev–Trinajstić information content (AvgIpc) is 2.56. The molecule has 23 heavy (non-hydrogen) atoms. The molecule has 0 saturated heterocycles. The van der Waals surface area contributed by atoms with Crippen LogP contribution in [-0.2, 0) is 11.2 Å². The van der Waals surface area contributed by atoms with E-state index in [-0.39, 0.29) is 23.3 Å². The zero-order valence-electron chi connectivity index (χ0n) is 13.2. The van der Waals surface area contributed by atoms with Crippen molar-refractivity contribution in [2.45, 2.75) is 44.6 Å². The molecular weight excluding hydrogens is 288 g/mol. The summed E-state index contributed by atoms with van der Waals surface area (Å²) in [6.07, 6.45) is 9.21. The van der Waals surface area contributed by atoms with Gasteiger partial charge in [0.15, 0.2) is 0 Å². The standard InChI is InChI=1S/C19H22N2O2/c1-2-6-15-11-14(9-10-18(15)22)12-16(13-20)19(23)21-17-7-4-3-5-8-17/h2,9-12,17,22H,1,3-8H2,(H,21,23)/b16-12-. The minimum absolute atomic E-state index is 0.0887. The van der Waals surface area contributed by atoms with Gasteiger partial charge >= 0.3 is 0 Å². The van der Waals surface area contributed by atoms with Crippen molar-refractivity contribution in [3.8, 4) is 11.8 Å². The molecule has 4 nitrogen and oxygen atoms in total. The molecule has 1 amide bonds. The summed E-state index contributed by atoms with van der Waals surface area (Å²) in [5, 5.41) is 22.0. The van der Waals surface area contributed by atoms with Crippen LogP contribution in [0.15, 0.2) is 36.4 Å². The number of phenols is 1. The maximum Gasteiger partial charge on any atom is 0.262 e. The third-order valence-corrected chi connectivity index (χ3v) is 4.08. The topological polar surface area (TPSA) is 73.1 Å². The summed E-state index contributed by atoms with van der Waals surface area (Å²) >= 11 is 0. The number of aromatic hydroxyl groups is 1. The summed E-state index contributed by atoms with van der Waals surface area (Å²) < 4.78 is 0. The van der Waals surface area contributed by atoms with E-state index in [2.05, 4.69) is 11.9 Å². The minimum atomic E-state index is -0.322. The van der Waals surface area contributed by atoms with Crippen molar-refractivity contribution < 1.29 is 9.90 Å². The van der Waals surface area contributed by atoms with E-state index < -0.39 is 0 Å². The van der Waals surface area contributed by atoms with Crippen LogP contribution in [0.3, 0.4) is 0 Å². The summed E-state index contributed by atoms with van der Waals surface area (Å²) in [6, 6.07) is 7.16. The number of phenolic OH excluding ortho intramolecular Hbond substituents is 1. The highest BCUT2D eigenvalue weighted by molar-refractivity contribution is 6.01. The van der Waals surface area contributed by atoms with Gasteiger partial charge in [-0.25, -0.2) is 0 Å². The lowest BCUT2D eigenvalue weighted by atomic mass is 9.95. The van der Waals surface area contributed by atoms with Gasteiger partial charge in [0.25, 0.3) is 5.91 Å². The quantitative estimate of drug-likeness (QED) is 0.497. The van der Waals surface area contributed by atoms with E-state index in [0.717, 1.165) is 36.8 Å². The Labute approximate surface area is 137 Å². The Morgan fingerprint density at radius 2 is 2.13 bits per heavy atom. The molecule has 120 valence electrons. The lowest BCUT2D eigenvalue weighted by molar-refractivity contribution is -0.117. The number of hydrogen-bond donors (Lipinski definition) is 2. The Bertz CT molecular complexity index is 650. The van der Waals surface area contributed by atoms with E-state index in [1.165, 1.54) is 6.42 Å². The largest absolute Gasteiger partial charge is 0.508 e. The van der Waals surface area contributed by atoms with E-state index in [0.29, 0.717) is 6.42 Å². The Morgan fingerprint density at radius 1 is 1.39 bits per heavy atom. The second-order valence-electron chi connectivity index (χ2n) is 5.86. The molecule has 0 bridgehead atoms. The molecule has 1 aromatic rings. The molecule has 0 unspecified atom stereocenters. The van der Waals surface area contributed by atoms with Crippen LogP contribution in [0, 0.1) is 11.3 Å². The monoisotopic (exact) mass is 310 g/mol. The number of nitriles is 1. The predicted molar refractivity (Wildman–Crippen MR) is 90.6 cm³/mol. The first-order chi connectivity index (χ1) is 11.1. The second-order valence-corrected chi connectivity index (χ2v) is 5.86. The van der Waals surface area contributed by atoms with Crippen molar-refractivity contribution in [1.29, 1.82) is 5.26 Å². The molecular formula is C19H22N2O2. The van der Waals surface area contributed by atoms with Gasteiger partial charge in [0.2, 0.25) is 0 Å². The number of hydrogen-bond acceptors (Lipinski definition) is 3. The number of allylic oxidation sites excluding steroid dienone is 1. The first-order valence-electron chi connectivity index (χ1n) is 7.99. The number of benzene rings is 1. The van der Waals surface area contributed by atoms with Crippen LogP contribution in [0.5, 0.6) is 5.75 Å². The molecule has 1 aliphatic rings. The number of amides is 1. The SMILES string of the molecule is C=CCc1cc(/C=C(/C#N)C(=O)NC2CCCCC2)ccc1O. The zero-order valence-corrected chi connectivity index (χ0v) is 13.2. The van der Waals surface area contributed by atoms with Crippen molar-refractivity contribution in [3.05, 3.63) is 47.6 Å². The van der Waals surface area contributed by atoms with Gasteiger partial charge in [0, 0.05) is 6.04 Å². The first-order valence-corrected chi connectivity index (χ1v) is 7.99. The summed E-state index contributed by atoms with van der Waals surface area (Å²) in [4.78, 5) is 12.3. The predicted octanol–water partition coefficient (Wildman–Crippen LogP) is 3.48. The maximum absolute atomic E-state index is 12.3. The fourth-order valence-corrected chi connectivity index (χ4v) is 2.84. The van der Waals surface area contributed by atoms with Gasteiger partial charge in [-0.2, -0.15) is 5.26 Å². The van der Waals surface area contributed by atoms with E-state index >= 15 is 0 Å². The van der Waals surface area contributed by atoms with Gasteiger partial charge in [-0.3, -0.25) is 4.79 Å². The highest BCUT2D eigenvalue weighted by atomic mass is 16.3. The van der Waals surface area contributed by atoms with Crippen LogP contribution in [0.25, 0.3) is 6.08 Å². The molecule has 1 aliphatic carbocycles. The molecule has 1 fully saturated rings. The summed E-state index contributed by atoms with van der Waals surface area (Å²) in [5.41, 5.74) is 1.53. The average molecular weight is 310 g/mol. The lowest BCUT2D eigenvalue weighted by Crippen LogP contribution is -2.36. The molecule has 4 heteroatoms. The molecule has 0 radical (unpaired) electrons. The van der Waals surface area contributed by atoms with Gasteiger partial charge in [-0.15, -0.1) is 6.58 Å². The van der Waals surface area contributed by atoms with Crippen LogP contribution < -0.4 is 5.32 Å². The van der Waals surface area contributed by atoms with Gasteiger partial charge in [0.05, 0.1) is 0 Å². The molecule has 0 spiro atoms. The lowest BCUT2D eigenvalue weighted by Gasteiger charge is -2.22. The van der Waals surface area contributed by atoms with Crippen LogP contribution in [0.2, 0.25) is 0 Å². The van der Waals surface area contributed by atoms with Crippen LogP contribution >= 0.6 is 0 Å². The van der Waals surface area contributed by atoms with Crippen molar-refractivity contribution in [1.82, 2.24) is 5.32 Å². The number of nitrogens with one attached hydrogen (secondary N) is 1. The van der Waals surface area contributed by atoms with Crippen molar-refractivity contribution in [2.75, 3.05) is 0 Å². The highest BCUT2D eigenvalue weighted by Crippen LogP contribution is 2.21. The molecule has 0 heterocycles. The van der Waals surface area contributed by atoms with Gasteiger partial charge in [-0.05, 0) is 48.6 Å². The van der Waals surface area contributed by atoms with E-state index in [1.807, 2.05) is 6.07 Å². The Balaban J connectivity index is 2.14. The molecule has 0 atom stereocenters. The zero-order chi connectivity index (χ0) is 16.7. The normalized spacial score (nSPS) is 15.7. The molecule has 0 aromatic heterocycles. The summed E-state index contributed by atoms with van der Waals surface area (Å²) in [5.74, 6) is -0.134.